The van der Waals surface area contributed by atoms with E-state index in [1.807, 2.05) is 37.2 Å². The van der Waals surface area contributed by atoms with E-state index in [9.17, 15) is 0 Å². The fourth-order valence-corrected chi connectivity index (χ4v) is 3.01. The highest BCUT2D eigenvalue weighted by Crippen LogP contribution is 2.19. The van der Waals surface area contributed by atoms with Crippen LogP contribution in [0.4, 0.5) is 5.82 Å². The number of nitrogens with zero attached hydrogens (tertiary/aromatic N) is 3. The molecule has 0 aliphatic heterocycles. The van der Waals surface area contributed by atoms with E-state index in [0.29, 0.717) is 12.5 Å². The number of halogens is 1. The lowest BCUT2D eigenvalue weighted by Crippen LogP contribution is -2.39. The van der Waals surface area contributed by atoms with Gasteiger partial charge in [-0.05, 0) is 30.5 Å². The first kappa shape index (κ1) is 21.7. The molecule has 0 aliphatic carbocycles. The summed E-state index contributed by atoms with van der Waals surface area (Å²) in [5, 5.41) is 8.84. The summed E-state index contributed by atoms with van der Waals surface area (Å²) >= 11 is 1.80. The Morgan fingerprint density at radius 2 is 2.04 bits per heavy atom. The van der Waals surface area contributed by atoms with Crippen LogP contribution in [0.25, 0.3) is 0 Å². The van der Waals surface area contributed by atoms with Crippen molar-refractivity contribution in [1.82, 2.24) is 15.6 Å². The standard InChI is InChI=1S/C18H27N5S.HI/c1-5-19-18(20-12-14(2)16-9-7-11-24-16)21-13-15-8-6-10-17(22-15)23(3)4;/h6-11,14H,5,12-13H2,1-4H3,(H2,19,20,21);1H. The van der Waals surface area contributed by atoms with Crippen molar-refractivity contribution in [1.29, 1.82) is 0 Å². The molecule has 0 amide bonds. The third-order valence-electron chi connectivity index (χ3n) is 3.60. The van der Waals surface area contributed by atoms with Gasteiger partial charge in [-0.15, -0.1) is 35.3 Å². The van der Waals surface area contributed by atoms with Crippen molar-refractivity contribution in [2.24, 2.45) is 4.99 Å². The Hall–Kier alpha value is -1.35. The minimum atomic E-state index is 0. The van der Waals surface area contributed by atoms with Gasteiger partial charge < -0.3 is 15.5 Å². The quantitative estimate of drug-likeness (QED) is 0.366. The highest BCUT2D eigenvalue weighted by atomic mass is 127. The zero-order valence-electron chi connectivity index (χ0n) is 15.3. The molecule has 5 nitrogen and oxygen atoms in total. The molecule has 7 heteroatoms. The van der Waals surface area contributed by atoms with Crippen molar-refractivity contribution < 1.29 is 0 Å². The lowest BCUT2D eigenvalue weighted by molar-refractivity contribution is 0.708. The third-order valence-corrected chi connectivity index (χ3v) is 4.70. The Balaban J connectivity index is 0.00000312. The first-order valence-electron chi connectivity index (χ1n) is 8.29. The van der Waals surface area contributed by atoms with E-state index in [1.165, 1.54) is 4.88 Å². The van der Waals surface area contributed by atoms with E-state index in [0.717, 1.165) is 30.6 Å². The van der Waals surface area contributed by atoms with Crippen molar-refractivity contribution in [2.45, 2.75) is 26.3 Å². The maximum atomic E-state index is 4.65. The number of aliphatic imine (C=N–C) groups is 1. The van der Waals surface area contributed by atoms with E-state index in [2.05, 4.69) is 52.0 Å². The van der Waals surface area contributed by atoms with Crippen molar-refractivity contribution in [3.8, 4) is 0 Å². The molecule has 0 aromatic carbocycles. The molecule has 0 fully saturated rings. The molecule has 0 bridgehead atoms. The molecule has 2 aromatic rings. The molecule has 0 radical (unpaired) electrons. The van der Waals surface area contributed by atoms with Gasteiger partial charge in [0.2, 0.25) is 0 Å². The first-order valence-corrected chi connectivity index (χ1v) is 9.17. The second-order valence-corrected chi connectivity index (χ2v) is 6.85. The number of hydrogen-bond donors (Lipinski definition) is 2. The minimum absolute atomic E-state index is 0. The lowest BCUT2D eigenvalue weighted by atomic mass is 10.1. The predicted octanol–water partition coefficient (Wildman–Crippen LogP) is 3.69. The molecule has 0 saturated carbocycles. The van der Waals surface area contributed by atoms with E-state index >= 15 is 0 Å². The molecular weight excluding hydrogens is 445 g/mol. The molecule has 2 rings (SSSR count). The summed E-state index contributed by atoms with van der Waals surface area (Å²) in [6.07, 6.45) is 0. The highest BCUT2D eigenvalue weighted by molar-refractivity contribution is 14.0. The average Bonchev–Trinajstić information content (AvgIpc) is 3.12. The van der Waals surface area contributed by atoms with Crippen molar-refractivity contribution >= 4 is 47.1 Å². The zero-order valence-corrected chi connectivity index (χ0v) is 18.5. The summed E-state index contributed by atoms with van der Waals surface area (Å²) in [5.41, 5.74) is 0.963. The minimum Gasteiger partial charge on any atom is -0.363 e. The maximum absolute atomic E-state index is 4.65. The van der Waals surface area contributed by atoms with E-state index in [-0.39, 0.29) is 24.0 Å². The van der Waals surface area contributed by atoms with Crippen LogP contribution in [0.5, 0.6) is 0 Å². The number of nitrogens with one attached hydrogen (secondary N) is 2. The summed E-state index contributed by atoms with van der Waals surface area (Å²) in [7, 11) is 3.99. The number of pyridine rings is 1. The van der Waals surface area contributed by atoms with Gasteiger partial charge in [0.05, 0.1) is 12.2 Å². The van der Waals surface area contributed by atoms with E-state index < -0.39 is 0 Å². The van der Waals surface area contributed by atoms with Gasteiger partial charge in [-0.25, -0.2) is 9.98 Å². The molecule has 2 N–H and O–H groups in total. The monoisotopic (exact) mass is 473 g/mol. The zero-order chi connectivity index (χ0) is 17.4. The van der Waals surface area contributed by atoms with Crippen LogP contribution in [-0.2, 0) is 6.54 Å². The molecule has 2 heterocycles. The van der Waals surface area contributed by atoms with E-state index in [4.69, 9.17) is 0 Å². The van der Waals surface area contributed by atoms with Gasteiger partial charge in [0.1, 0.15) is 5.82 Å². The lowest BCUT2D eigenvalue weighted by Gasteiger charge is -2.15. The van der Waals surface area contributed by atoms with Gasteiger partial charge in [-0.1, -0.05) is 19.1 Å². The number of rotatable bonds is 7. The normalized spacial score (nSPS) is 12.2. The summed E-state index contributed by atoms with van der Waals surface area (Å²) in [5.74, 6) is 2.24. The van der Waals surface area contributed by atoms with Crippen LogP contribution >= 0.6 is 35.3 Å². The van der Waals surface area contributed by atoms with Gasteiger partial charge in [-0.2, -0.15) is 0 Å². The third kappa shape index (κ3) is 7.19. The molecule has 138 valence electrons. The molecule has 2 aromatic heterocycles. The van der Waals surface area contributed by atoms with Crippen LogP contribution in [0.15, 0.2) is 40.7 Å². The number of anilines is 1. The number of thiophene rings is 1. The summed E-state index contributed by atoms with van der Waals surface area (Å²) < 4.78 is 0. The van der Waals surface area contributed by atoms with Crippen molar-refractivity contribution in [2.75, 3.05) is 32.1 Å². The Morgan fingerprint density at radius 3 is 2.68 bits per heavy atom. The molecule has 0 aliphatic rings. The Morgan fingerprint density at radius 1 is 1.24 bits per heavy atom. The predicted molar refractivity (Wildman–Crippen MR) is 120 cm³/mol. The van der Waals surface area contributed by atoms with Gasteiger partial charge >= 0.3 is 0 Å². The van der Waals surface area contributed by atoms with Gasteiger partial charge in [0.15, 0.2) is 5.96 Å². The maximum Gasteiger partial charge on any atom is 0.191 e. The molecule has 1 atom stereocenters. The van der Waals surface area contributed by atoms with Gasteiger partial charge in [-0.3, -0.25) is 0 Å². The molecular formula is C18H28IN5S. The number of hydrogen-bond acceptors (Lipinski definition) is 4. The van der Waals surface area contributed by atoms with Crippen molar-refractivity contribution in [3.63, 3.8) is 0 Å². The smallest absolute Gasteiger partial charge is 0.191 e. The SMILES string of the molecule is CCNC(=NCc1cccc(N(C)C)n1)NCC(C)c1cccs1.I. The summed E-state index contributed by atoms with van der Waals surface area (Å²) in [4.78, 5) is 12.6. The largest absolute Gasteiger partial charge is 0.363 e. The molecule has 0 saturated heterocycles. The number of aromatic nitrogens is 1. The average molecular weight is 473 g/mol. The van der Waals surface area contributed by atoms with Gasteiger partial charge in [0.25, 0.3) is 0 Å². The van der Waals surface area contributed by atoms with Crippen LogP contribution < -0.4 is 15.5 Å². The highest BCUT2D eigenvalue weighted by Gasteiger charge is 2.07. The Bertz CT molecular complexity index is 643. The topological polar surface area (TPSA) is 52.6 Å². The fourth-order valence-electron chi connectivity index (χ4n) is 2.23. The second kappa shape index (κ2) is 11.3. The second-order valence-electron chi connectivity index (χ2n) is 5.87. The van der Waals surface area contributed by atoms with Crippen LogP contribution in [0, 0.1) is 0 Å². The Kier molecular flexibility index (Phi) is 9.81. The molecule has 25 heavy (non-hydrogen) atoms. The van der Waals surface area contributed by atoms with Crippen LogP contribution in [0.2, 0.25) is 0 Å². The van der Waals surface area contributed by atoms with Gasteiger partial charge in [0, 0.05) is 38.0 Å². The molecule has 1 unspecified atom stereocenters. The van der Waals surface area contributed by atoms with Crippen LogP contribution in [0.3, 0.4) is 0 Å². The summed E-state index contributed by atoms with van der Waals surface area (Å²) in [6, 6.07) is 10.3. The fraction of sp³-hybridized carbons (Fsp3) is 0.444. The van der Waals surface area contributed by atoms with Crippen molar-refractivity contribution in [3.05, 3.63) is 46.3 Å². The van der Waals surface area contributed by atoms with Crippen LogP contribution in [0.1, 0.15) is 30.3 Å². The van der Waals surface area contributed by atoms with E-state index in [1.54, 1.807) is 11.3 Å². The first-order chi connectivity index (χ1) is 11.6. The van der Waals surface area contributed by atoms with Crippen LogP contribution in [-0.4, -0.2) is 38.1 Å². The number of guanidine groups is 1. The molecule has 0 spiro atoms. The summed E-state index contributed by atoms with van der Waals surface area (Å²) in [6.45, 7) is 6.56. The Labute approximate surface area is 172 Å².